The number of rotatable bonds is 1. The summed E-state index contributed by atoms with van der Waals surface area (Å²) in [6.07, 6.45) is 1.85. The molecule has 0 spiro atoms. The summed E-state index contributed by atoms with van der Waals surface area (Å²) < 4.78 is 0. The fraction of sp³-hybridized carbons (Fsp3) is 0. The summed E-state index contributed by atoms with van der Waals surface area (Å²) in [7, 11) is 0. The van der Waals surface area contributed by atoms with Gasteiger partial charge in [0.2, 0.25) is 0 Å². The van der Waals surface area contributed by atoms with Gasteiger partial charge >= 0.3 is 0 Å². The lowest BCUT2D eigenvalue weighted by atomic mass is 10.0. The van der Waals surface area contributed by atoms with Crippen molar-refractivity contribution in [2.24, 2.45) is 0 Å². The van der Waals surface area contributed by atoms with E-state index in [4.69, 9.17) is 0 Å². The highest BCUT2D eigenvalue weighted by atomic mass is 14.7. The second-order valence-corrected chi connectivity index (χ2v) is 3.67. The molecule has 1 aromatic heterocycles. The summed E-state index contributed by atoms with van der Waals surface area (Å²) in [5.74, 6) is 0. The highest BCUT2D eigenvalue weighted by Gasteiger charge is 2.03. The minimum Gasteiger partial charge on any atom is -0.256 e. The van der Waals surface area contributed by atoms with Crippen LogP contribution in [0.25, 0.3) is 22.0 Å². The zero-order valence-electron chi connectivity index (χ0n) is 8.72. The second-order valence-electron chi connectivity index (χ2n) is 3.67. The summed E-state index contributed by atoms with van der Waals surface area (Å²) in [5, 5.41) is 2.35. The molecule has 0 saturated carbocycles. The fourth-order valence-electron chi connectivity index (χ4n) is 1.88. The van der Waals surface area contributed by atoms with Crippen molar-refractivity contribution in [3.63, 3.8) is 0 Å². The van der Waals surface area contributed by atoms with Crippen LogP contribution in [-0.4, -0.2) is 4.98 Å². The zero-order valence-corrected chi connectivity index (χ0v) is 8.72. The normalized spacial score (nSPS) is 10.5. The van der Waals surface area contributed by atoms with Crippen LogP contribution in [0.5, 0.6) is 0 Å². The molecule has 1 nitrogen and oxygen atoms in total. The van der Waals surface area contributed by atoms with Crippen molar-refractivity contribution < 1.29 is 0 Å². The van der Waals surface area contributed by atoms with Crippen LogP contribution in [0.4, 0.5) is 0 Å². The summed E-state index contributed by atoms with van der Waals surface area (Å²) in [5.41, 5.74) is 2.19. The molecule has 75 valence electrons. The molecule has 2 aromatic carbocycles. The smallest absolute Gasteiger partial charge is 0.0780 e. The lowest BCUT2D eigenvalue weighted by Crippen LogP contribution is -1.84. The molecule has 0 aliphatic carbocycles. The van der Waals surface area contributed by atoms with Crippen LogP contribution in [0.2, 0.25) is 0 Å². The van der Waals surface area contributed by atoms with Gasteiger partial charge in [0.1, 0.15) is 0 Å². The number of fused-ring (bicyclic) bond motifs is 1. The SMILES string of the molecule is [c]1ccc2c(-c3ccccc3)nccc2c1. The maximum Gasteiger partial charge on any atom is 0.0780 e. The van der Waals surface area contributed by atoms with Crippen LogP contribution in [-0.2, 0) is 0 Å². The number of nitrogens with zero attached hydrogens (tertiary/aromatic N) is 1. The van der Waals surface area contributed by atoms with Crippen LogP contribution in [0, 0.1) is 6.07 Å². The molecular formula is C15H10N. The van der Waals surface area contributed by atoms with Crippen LogP contribution in [0.1, 0.15) is 0 Å². The predicted octanol–water partition coefficient (Wildman–Crippen LogP) is 3.70. The first kappa shape index (κ1) is 9.10. The minimum atomic E-state index is 1.03. The molecule has 16 heavy (non-hydrogen) atoms. The maximum atomic E-state index is 4.46. The molecule has 0 bridgehead atoms. The van der Waals surface area contributed by atoms with Crippen molar-refractivity contribution in [1.29, 1.82) is 0 Å². The van der Waals surface area contributed by atoms with Crippen molar-refractivity contribution in [3.05, 3.63) is 66.9 Å². The van der Waals surface area contributed by atoms with E-state index in [0.29, 0.717) is 0 Å². The van der Waals surface area contributed by atoms with E-state index in [1.54, 1.807) is 0 Å². The molecule has 1 heteroatoms. The third-order valence-corrected chi connectivity index (χ3v) is 2.66. The van der Waals surface area contributed by atoms with Crippen LogP contribution < -0.4 is 0 Å². The number of aromatic nitrogens is 1. The van der Waals surface area contributed by atoms with Gasteiger partial charge in [0.25, 0.3) is 0 Å². The molecule has 1 heterocycles. The molecule has 0 amide bonds. The lowest BCUT2D eigenvalue weighted by molar-refractivity contribution is 1.36. The Kier molecular flexibility index (Phi) is 2.15. The summed E-state index contributed by atoms with van der Waals surface area (Å²) in [4.78, 5) is 4.46. The van der Waals surface area contributed by atoms with Gasteiger partial charge < -0.3 is 0 Å². The van der Waals surface area contributed by atoms with Gasteiger partial charge in [0.05, 0.1) is 5.69 Å². The van der Waals surface area contributed by atoms with E-state index in [-0.39, 0.29) is 0 Å². The monoisotopic (exact) mass is 204 g/mol. The first-order valence-corrected chi connectivity index (χ1v) is 5.25. The molecule has 0 atom stereocenters. The summed E-state index contributed by atoms with van der Waals surface area (Å²) in [6.45, 7) is 0. The zero-order chi connectivity index (χ0) is 10.8. The third-order valence-electron chi connectivity index (χ3n) is 2.66. The van der Waals surface area contributed by atoms with E-state index in [0.717, 1.165) is 11.3 Å². The maximum absolute atomic E-state index is 4.46. The Balaban J connectivity index is 2.32. The first-order valence-electron chi connectivity index (χ1n) is 5.25. The average Bonchev–Trinajstić information content (AvgIpc) is 2.39. The minimum absolute atomic E-state index is 1.03. The molecule has 3 rings (SSSR count). The first-order chi connectivity index (χ1) is 7.95. The van der Waals surface area contributed by atoms with Gasteiger partial charge in [-0.05, 0) is 23.6 Å². The van der Waals surface area contributed by atoms with E-state index in [9.17, 15) is 0 Å². The average molecular weight is 204 g/mol. The molecule has 0 aliphatic heterocycles. The van der Waals surface area contributed by atoms with Gasteiger partial charge in [-0.15, -0.1) is 0 Å². The molecule has 3 aromatic rings. The number of benzene rings is 2. The molecule has 0 fully saturated rings. The fourth-order valence-corrected chi connectivity index (χ4v) is 1.88. The topological polar surface area (TPSA) is 12.9 Å². The van der Waals surface area contributed by atoms with Crippen molar-refractivity contribution in [2.45, 2.75) is 0 Å². The Morgan fingerprint density at radius 2 is 1.81 bits per heavy atom. The van der Waals surface area contributed by atoms with Gasteiger partial charge in [0, 0.05) is 17.1 Å². The van der Waals surface area contributed by atoms with Gasteiger partial charge in [-0.25, -0.2) is 0 Å². The molecule has 0 aliphatic rings. The van der Waals surface area contributed by atoms with Crippen LogP contribution in [0.3, 0.4) is 0 Å². The largest absolute Gasteiger partial charge is 0.256 e. The second kappa shape index (κ2) is 3.78. The summed E-state index contributed by atoms with van der Waals surface area (Å²) >= 11 is 0. The van der Waals surface area contributed by atoms with Gasteiger partial charge in [-0.2, -0.15) is 0 Å². The van der Waals surface area contributed by atoms with E-state index in [2.05, 4.69) is 29.2 Å². The number of hydrogen-bond acceptors (Lipinski definition) is 1. The Morgan fingerprint density at radius 3 is 2.69 bits per heavy atom. The van der Waals surface area contributed by atoms with Gasteiger partial charge in [-0.3, -0.25) is 4.98 Å². The lowest BCUT2D eigenvalue weighted by Gasteiger charge is -2.04. The third kappa shape index (κ3) is 1.47. The van der Waals surface area contributed by atoms with Crippen molar-refractivity contribution in [1.82, 2.24) is 4.98 Å². The van der Waals surface area contributed by atoms with Gasteiger partial charge in [0.15, 0.2) is 0 Å². The van der Waals surface area contributed by atoms with E-state index in [1.807, 2.05) is 42.6 Å². The Labute approximate surface area is 94.4 Å². The molecule has 0 N–H and O–H groups in total. The van der Waals surface area contributed by atoms with Crippen molar-refractivity contribution >= 4 is 10.8 Å². The van der Waals surface area contributed by atoms with Crippen molar-refractivity contribution in [3.8, 4) is 11.3 Å². The highest BCUT2D eigenvalue weighted by Crippen LogP contribution is 2.25. The number of hydrogen-bond donors (Lipinski definition) is 0. The quantitative estimate of drug-likeness (QED) is 0.589. The van der Waals surface area contributed by atoms with E-state index < -0.39 is 0 Å². The van der Waals surface area contributed by atoms with Crippen LogP contribution in [0.15, 0.2) is 60.8 Å². The standard InChI is InChI=1S/C15H10N/c1-2-7-13(8-3-1)15-14-9-5-4-6-12(14)10-11-16-15/h1-3,5-11H. The van der Waals surface area contributed by atoms with Crippen molar-refractivity contribution in [2.75, 3.05) is 0 Å². The van der Waals surface area contributed by atoms with Crippen LogP contribution >= 0.6 is 0 Å². The van der Waals surface area contributed by atoms with E-state index in [1.165, 1.54) is 10.8 Å². The number of pyridine rings is 1. The predicted molar refractivity (Wildman–Crippen MR) is 66.0 cm³/mol. The molecule has 1 radical (unpaired) electrons. The molecule has 0 unspecified atom stereocenters. The summed E-state index contributed by atoms with van der Waals surface area (Å²) in [6, 6.07) is 21.3. The van der Waals surface area contributed by atoms with Gasteiger partial charge in [-0.1, -0.05) is 42.5 Å². The Morgan fingerprint density at radius 1 is 0.938 bits per heavy atom. The Hall–Kier alpha value is -2.15. The molecule has 0 saturated heterocycles. The molecular weight excluding hydrogens is 194 g/mol. The Bertz CT molecular complexity index is 609. The highest BCUT2D eigenvalue weighted by molar-refractivity contribution is 5.94. The van der Waals surface area contributed by atoms with E-state index >= 15 is 0 Å².